The van der Waals surface area contributed by atoms with Crippen molar-refractivity contribution in [3.8, 4) is 0 Å². The van der Waals surface area contributed by atoms with E-state index in [-0.39, 0.29) is 0 Å². The molecule has 0 amide bonds. The molecule has 0 bridgehead atoms. The summed E-state index contributed by atoms with van der Waals surface area (Å²) in [4.78, 5) is 0. The zero-order chi connectivity index (χ0) is 8.32. The third kappa shape index (κ3) is 3.45. The summed E-state index contributed by atoms with van der Waals surface area (Å²) in [5.74, 6) is 0. The van der Waals surface area contributed by atoms with Gasteiger partial charge in [0.1, 0.15) is 0 Å². The SMILES string of the molecule is F[C](F)(F)[Al][c]1ccccc1. The Morgan fingerprint density at radius 1 is 1.00 bits per heavy atom. The highest BCUT2D eigenvalue weighted by Crippen LogP contribution is 2.11. The van der Waals surface area contributed by atoms with E-state index in [2.05, 4.69) is 0 Å². The number of alkyl halides is 3. The van der Waals surface area contributed by atoms with Crippen LogP contribution in [0.2, 0.25) is 0 Å². The lowest BCUT2D eigenvalue weighted by Gasteiger charge is -2.03. The van der Waals surface area contributed by atoms with E-state index in [1.54, 1.807) is 18.2 Å². The number of rotatable bonds is 1. The van der Waals surface area contributed by atoms with Gasteiger partial charge < -0.3 is 0 Å². The second-order valence-electron chi connectivity index (χ2n) is 2.10. The monoisotopic (exact) mass is 173 g/mol. The first-order valence-electron chi connectivity index (χ1n) is 3.05. The zero-order valence-electron chi connectivity index (χ0n) is 5.60. The first-order valence-corrected chi connectivity index (χ1v) is 4.21. The van der Waals surface area contributed by atoms with Crippen LogP contribution in [0.4, 0.5) is 13.2 Å². The van der Waals surface area contributed by atoms with E-state index in [0.29, 0.717) is 4.43 Å². The summed E-state index contributed by atoms with van der Waals surface area (Å²) in [6.07, 6.45) is 0. The smallest absolute Gasteiger partial charge is 0.192 e. The van der Waals surface area contributed by atoms with Crippen LogP contribution in [0.15, 0.2) is 30.3 Å². The molecular formula is C7H5AlF3. The van der Waals surface area contributed by atoms with E-state index in [1.807, 2.05) is 0 Å². The summed E-state index contributed by atoms with van der Waals surface area (Å²) in [7, 11) is 0. The van der Waals surface area contributed by atoms with Crippen LogP contribution in [0.1, 0.15) is 0 Å². The zero-order valence-corrected chi connectivity index (χ0v) is 6.75. The van der Waals surface area contributed by atoms with Crippen molar-refractivity contribution >= 4 is 19.6 Å². The number of hydrogen-bond donors (Lipinski definition) is 0. The Labute approximate surface area is 68.7 Å². The van der Waals surface area contributed by atoms with Gasteiger partial charge in [-0.25, -0.2) is 0 Å². The van der Waals surface area contributed by atoms with Crippen LogP contribution in [0, 0.1) is 0 Å². The maximum Gasteiger partial charge on any atom is 0.423 e. The Kier molecular flexibility index (Phi) is 2.59. The molecule has 1 aromatic rings. The highest BCUT2D eigenvalue weighted by Gasteiger charge is 2.29. The van der Waals surface area contributed by atoms with Crippen LogP contribution < -0.4 is 4.43 Å². The Hall–Kier alpha value is -0.458. The molecule has 0 aromatic heterocycles. The first kappa shape index (κ1) is 8.64. The number of benzene rings is 1. The summed E-state index contributed by atoms with van der Waals surface area (Å²) in [6.45, 7) is 0. The van der Waals surface area contributed by atoms with Gasteiger partial charge in [-0.1, -0.05) is 30.3 Å². The van der Waals surface area contributed by atoms with Crippen LogP contribution in [0.5, 0.6) is 0 Å². The molecule has 0 atom stereocenters. The minimum atomic E-state index is -4.01. The lowest BCUT2D eigenvalue weighted by atomic mass is 10.4. The van der Waals surface area contributed by atoms with Gasteiger partial charge in [-0.2, -0.15) is 13.2 Å². The maximum atomic E-state index is 11.8. The molecule has 4 heteroatoms. The second kappa shape index (κ2) is 3.29. The summed E-state index contributed by atoms with van der Waals surface area (Å²) >= 11 is -1.58. The highest BCUT2D eigenvalue weighted by molar-refractivity contribution is 6.55. The lowest BCUT2D eigenvalue weighted by Crippen LogP contribution is -2.29. The molecule has 1 rings (SSSR count). The van der Waals surface area contributed by atoms with Crippen molar-refractivity contribution in [3.63, 3.8) is 0 Å². The van der Waals surface area contributed by atoms with Crippen molar-refractivity contribution < 1.29 is 13.2 Å². The van der Waals surface area contributed by atoms with Gasteiger partial charge in [0.15, 0.2) is 0 Å². The van der Waals surface area contributed by atoms with Crippen LogP contribution >= 0.6 is 0 Å². The van der Waals surface area contributed by atoms with E-state index in [0.717, 1.165) is 0 Å². The van der Waals surface area contributed by atoms with Gasteiger partial charge in [0.25, 0.3) is 5.04 Å². The van der Waals surface area contributed by atoms with E-state index in [1.165, 1.54) is 12.1 Å². The highest BCUT2D eigenvalue weighted by atomic mass is 27.1. The Morgan fingerprint density at radius 2 is 1.55 bits per heavy atom. The predicted octanol–water partition coefficient (Wildman–Crippen LogP) is 1.54. The molecule has 0 heterocycles. The molecule has 0 fully saturated rings. The molecule has 0 aliphatic carbocycles. The van der Waals surface area contributed by atoms with Gasteiger partial charge in [0, 0.05) is 0 Å². The van der Waals surface area contributed by atoms with Crippen molar-refractivity contribution in [2.24, 2.45) is 0 Å². The maximum absolute atomic E-state index is 11.8. The largest absolute Gasteiger partial charge is 0.423 e. The molecule has 11 heavy (non-hydrogen) atoms. The van der Waals surface area contributed by atoms with Crippen LogP contribution in [-0.2, 0) is 0 Å². The average molecular weight is 173 g/mol. The first-order chi connectivity index (χ1) is 5.08. The molecule has 1 aromatic carbocycles. The minimum Gasteiger partial charge on any atom is -0.192 e. The fourth-order valence-electron chi connectivity index (χ4n) is 0.738. The van der Waals surface area contributed by atoms with E-state index >= 15 is 0 Å². The number of halogens is 3. The van der Waals surface area contributed by atoms with Crippen LogP contribution in [0.3, 0.4) is 0 Å². The second-order valence-corrected chi connectivity index (χ2v) is 3.71. The third-order valence-electron chi connectivity index (χ3n) is 1.13. The quantitative estimate of drug-likeness (QED) is 0.565. The molecule has 0 saturated heterocycles. The fraction of sp³-hybridized carbons (Fsp3) is 0.143. The Bertz CT molecular complexity index is 217. The molecule has 0 aliphatic rings. The number of hydrogen-bond acceptors (Lipinski definition) is 0. The van der Waals surface area contributed by atoms with Crippen LogP contribution in [0.25, 0.3) is 0 Å². The Balaban J connectivity index is 2.66. The van der Waals surface area contributed by atoms with Gasteiger partial charge in [-0.3, -0.25) is 0 Å². The molecule has 1 radical (unpaired) electrons. The van der Waals surface area contributed by atoms with E-state index < -0.39 is 20.3 Å². The van der Waals surface area contributed by atoms with Gasteiger partial charge in [-0.05, 0) is 0 Å². The fourth-order valence-corrected chi connectivity index (χ4v) is 1.53. The van der Waals surface area contributed by atoms with Gasteiger partial charge in [0.05, 0.1) is 0 Å². The van der Waals surface area contributed by atoms with Gasteiger partial charge in [0.2, 0.25) is 0 Å². The van der Waals surface area contributed by atoms with Crippen molar-refractivity contribution in [2.75, 3.05) is 0 Å². The van der Waals surface area contributed by atoms with Crippen molar-refractivity contribution in [2.45, 2.75) is 5.04 Å². The Morgan fingerprint density at radius 3 is 2.00 bits per heavy atom. The summed E-state index contributed by atoms with van der Waals surface area (Å²) in [5, 5.41) is -4.01. The average Bonchev–Trinajstić information content (AvgIpc) is 1.85. The molecule has 0 saturated carbocycles. The van der Waals surface area contributed by atoms with Crippen molar-refractivity contribution in [1.82, 2.24) is 0 Å². The van der Waals surface area contributed by atoms with Crippen molar-refractivity contribution in [3.05, 3.63) is 30.3 Å². The molecule has 0 N–H and O–H groups in total. The minimum absolute atomic E-state index is 0.389. The summed E-state index contributed by atoms with van der Waals surface area (Å²) < 4.78 is 35.7. The molecule has 0 spiro atoms. The van der Waals surface area contributed by atoms with Gasteiger partial charge >= 0.3 is 15.2 Å². The van der Waals surface area contributed by atoms with Gasteiger partial charge in [-0.15, -0.1) is 4.43 Å². The third-order valence-corrected chi connectivity index (χ3v) is 2.18. The summed E-state index contributed by atoms with van der Waals surface area (Å²) in [6, 6.07) is 7.95. The van der Waals surface area contributed by atoms with E-state index in [4.69, 9.17) is 0 Å². The molecular weight excluding hydrogens is 168 g/mol. The lowest BCUT2D eigenvalue weighted by molar-refractivity contribution is -0.0455. The van der Waals surface area contributed by atoms with Crippen LogP contribution in [-0.4, -0.2) is 20.3 Å². The summed E-state index contributed by atoms with van der Waals surface area (Å²) in [5.41, 5.74) is 0. The van der Waals surface area contributed by atoms with Crippen molar-refractivity contribution in [1.29, 1.82) is 0 Å². The normalized spacial score (nSPS) is 11.2. The molecule has 0 aliphatic heterocycles. The van der Waals surface area contributed by atoms with E-state index in [9.17, 15) is 13.2 Å². The topological polar surface area (TPSA) is 0 Å². The molecule has 0 unspecified atom stereocenters. The standard InChI is InChI=1S/C6H5.CF3.Al/c1-2-4-6-5-3-1;2-1(3)4;/h1-5H;;. The molecule has 0 nitrogen and oxygen atoms in total. The predicted molar refractivity (Wildman–Crippen MR) is 37.9 cm³/mol. The molecule has 57 valence electrons.